The van der Waals surface area contributed by atoms with Crippen LogP contribution in [0.25, 0.3) is 0 Å². The number of carbonyl (C=O) groups is 2. The number of nitrogens with one attached hydrogen (secondary N) is 2. The molecule has 3 N–H and O–H groups in total. The molecular weight excluding hydrogens is 328 g/mol. The Balaban J connectivity index is 1.76. The lowest BCUT2D eigenvalue weighted by Gasteiger charge is -2.13. The van der Waals surface area contributed by atoms with Crippen LogP contribution in [0.2, 0.25) is 0 Å². The van der Waals surface area contributed by atoms with Gasteiger partial charge in [-0.05, 0) is 40.9 Å². The number of carboxylic acid groups (broad SMARTS) is 1. The molecule has 20 heavy (non-hydrogen) atoms. The van der Waals surface area contributed by atoms with E-state index < -0.39 is 12.1 Å². The van der Waals surface area contributed by atoms with Gasteiger partial charge in [-0.25, -0.2) is 9.59 Å². The summed E-state index contributed by atoms with van der Waals surface area (Å²) < 4.78 is 6.09. The number of anilines is 1. The second-order valence-electron chi connectivity index (χ2n) is 4.48. The fourth-order valence-electron chi connectivity index (χ4n) is 1.97. The molecule has 0 radical (unpaired) electrons. The van der Waals surface area contributed by atoms with Gasteiger partial charge >= 0.3 is 12.0 Å². The lowest BCUT2D eigenvalue weighted by molar-refractivity contribution is -0.149. The Morgan fingerprint density at radius 3 is 2.75 bits per heavy atom. The van der Waals surface area contributed by atoms with Crippen molar-refractivity contribution in [1.82, 2.24) is 5.32 Å². The normalized spacial score (nSPS) is 21.4. The first-order valence-corrected chi connectivity index (χ1v) is 7.03. The average Bonchev–Trinajstić information content (AvgIpc) is 2.88. The molecule has 2 rings (SSSR count). The summed E-state index contributed by atoms with van der Waals surface area (Å²) in [5.41, 5.74) is 0.667. The largest absolute Gasteiger partial charge is 0.479 e. The molecule has 1 heterocycles. The number of benzene rings is 1. The molecule has 1 aliphatic rings. The minimum absolute atomic E-state index is 0.249. The number of hydrogen-bond acceptors (Lipinski definition) is 3. The highest BCUT2D eigenvalue weighted by molar-refractivity contribution is 9.10. The molecule has 0 aromatic heterocycles. The van der Waals surface area contributed by atoms with Crippen LogP contribution < -0.4 is 10.6 Å². The molecule has 1 saturated heterocycles. The summed E-state index contributed by atoms with van der Waals surface area (Å²) >= 11 is 3.33. The highest BCUT2D eigenvalue weighted by Gasteiger charge is 2.30. The van der Waals surface area contributed by atoms with Crippen LogP contribution in [-0.2, 0) is 9.53 Å². The summed E-state index contributed by atoms with van der Waals surface area (Å²) in [5.74, 6) is -0.954. The van der Waals surface area contributed by atoms with E-state index in [9.17, 15) is 9.59 Å². The van der Waals surface area contributed by atoms with Crippen molar-refractivity contribution in [2.75, 3.05) is 11.9 Å². The molecule has 1 aromatic carbocycles. The summed E-state index contributed by atoms with van der Waals surface area (Å²) in [7, 11) is 0. The van der Waals surface area contributed by atoms with E-state index in [1.165, 1.54) is 0 Å². The Bertz CT molecular complexity index is 509. The molecule has 1 aromatic rings. The lowest BCUT2D eigenvalue weighted by atomic mass is 10.2. The second kappa shape index (κ2) is 6.71. The van der Waals surface area contributed by atoms with Crippen molar-refractivity contribution in [3.8, 4) is 0 Å². The van der Waals surface area contributed by atoms with E-state index in [0.29, 0.717) is 25.1 Å². The minimum atomic E-state index is -0.954. The van der Waals surface area contributed by atoms with Crippen molar-refractivity contribution >= 4 is 33.6 Å². The Labute approximate surface area is 124 Å². The van der Waals surface area contributed by atoms with Gasteiger partial charge < -0.3 is 20.5 Å². The van der Waals surface area contributed by atoms with Gasteiger partial charge in [0, 0.05) is 11.0 Å². The quantitative estimate of drug-likeness (QED) is 0.782. The van der Waals surface area contributed by atoms with Gasteiger partial charge in [-0.15, -0.1) is 0 Å². The molecule has 7 heteroatoms. The van der Waals surface area contributed by atoms with Gasteiger partial charge in [0.2, 0.25) is 0 Å². The first kappa shape index (κ1) is 14.8. The van der Waals surface area contributed by atoms with E-state index in [-0.39, 0.29) is 12.1 Å². The van der Waals surface area contributed by atoms with Gasteiger partial charge in [0.15, 0.2) is 6.10 Å². The van der Waals surface area contributed by atoms with Crippen molar-refractivity contribution in [2.24, 2.45) is 0 Å². The van der Waals surface area contributed by atoms with Crippen molar-refractivity contribution in [3.63, 3.8) is 0 Å². The number of ether oxygens (including phenoxy) is 1. The zero-order valence-electron chi connectivity index (χ0n) is 10.6. The molecule has 0 saturated carbocycles. The molecule has 2 atom stereocenters. The van der Waals surface area contributed by atoms with Crippen LogP contribution in [0, 0.1) is 0 Å². The molecule has 6 nitrogen and oxygen atoms in total. The highest BCUT2D eigenvalue weighted by atomic mass is 79.9. The van der Waals surface area contributed by atoms with Crippen LogP contribution in [0.3, 0.4) is 0 Å². The Hall–Kier alpha value is -1.60. The Morgan fingerprint density at radius 2 is 2.10 bits per heavy atom. The summed E-state index contributed by atoms with van der Waals surface area (Å²) in [4.78, 5) is 22.5. The van der Waals surface area contributed by atoms with Crippen LogP contribution in [0.5, 0.6) is 0 Å². The van der Waals surface area contributed by atoms with E-state index in [2.05, 4.69) is 26.6 Å². The number of amides is 2. The third kappa shape index (κ3) is 3.94. The third-order valence-electron chi connectivity index (χ3n) is 3.00. The molecule has 2 amide bonds. The van der Waals surface area contributed by atoms with Crippen LogP contribution in [-0.4, -0.2) is 35.9 Å². The molecule has 0 spiro atoms. The van der Waals surface area contributed by atoms with Crippen LogP contribution in [0.15, 0.2) is 28.7 Å². The standard InChI is InChI=1S/C13H15BrN2O4/c14-9-3-1-2-4-10(9)16-13(19)15-7-8-5-6-11(20-8)12(17)18/h1-4,8,11H,5-7H2,(H,17,18)(H2,15,16,19). The van der Waals surface area contributed by atoms with Crippen molar-refractivity contribution in [3.05, 3.63) is 28.7 Å². The lowest BCUT2D eigenvalue weighted by Crippen LogP contribution is -2.36. The predicted octanol–water partition coefficient (Wildman–Crippen LogP) is 2.20. The van der Waals surface area contributed by atoms with E-state index in [4.69, 9.17) is 9.84 Å². The number of halogens is 1. The molecule has 0 aliphatic carbocycles. The fourth-order valence-corrected chi connectivity index (χ4v) is 2.36. The molecule has 0 bridgehead atoms. The SMILES string of the molecule is O=C(NCC1CCC(C(=O)O)O1)Nc1ccccc1Br. The monoisotopic (exact) mass is 342 g/mol. The number of rotatable bonds is 4. The molecule has 2 unspecified atom stereocenters. The average molecular weight is 343 g/mol. The van der Waals surface area contributed by atoms with Gasteiger partial charge in [-0.3, -0.25) is 0 Å². The maximum absolute atomic E-state index is 11.7. The number of urea groups is 1. The van der Waals surface area contributed by atoms with Crippen LogP contribution in [0.4, 0.5) is 10.5 Å². The minimum Gasteiger partial charge on any atom is -0.479 e. The van der Waals surface area contributed by atoms with Gasteiger partial charge in [-0.2, -0.15) is 0 Å². The van der Waals surface area contributed by atoms with Gasteiger partial charge in [0.1, 0.15) is 0 Å². The van der Waals surface area contributed by atoms with Crippen molar-refractivity contribution in [1.29, 1.82) is 0 Å². The summed E-state index contributed by atoms with van der Waals surface area (Å²) in [6, 6.07) is 6.92. The summed E-state index contributed by atoms with van der Waals surface area (Å²) in [6.45, 7) is 0.292. The van der Waals surface area contributed by atoms with E-state index >= 15 is 0 Å². The van der Waals surface area contributed by atoms with E-state index in [0.717, 1.165) is 4.47 Å². The number of carbonyl (C=O) groups excluding carboxylic acids is 1. The third-order valence-corrected chi connectivity index (χ3v) is 3.69. The number of hydrogen-bond donors (Lipinski definition) is 3. The Morgan fingerprint density at radius 1 is 1.35 bits per heavy atom. The first-order valence-electron chi connectivity index (χ1n) is 6.24. The second-order valence-corrected chi connectivity index (χ2v) is 5.33. The Kier molecular flexibility index (Phi) is 4.97. The fraction of sp³-hybridized carbons (Fsp3) is 0.385. The van der Waals surface area contributed by atoms with E-state index in [1.807, 2.05) is 18.2 Å². The first-order chi connectivity index (χ1) is 9.56. The molecule has 1 fully saturated rings. The molecule has 1 aliphatic heterocycles. The number of aliphatic carboxylic acids is 1. The van der Waals surface area contributed by atoms with Crippen LogP contribution in [0.1, 0.15) is 12.8 Å². The van der Waals surface area contributed by atoms with Crippen LogP contribution >= 0.6 is 15.9 Å². The summed E-state index contributed by atoms with van der Waals surface area (Å²) in [5, 5.41) is 14.2. The summed E-state index contributed by atoms with van der Waals surface area (Å²) in [6.07, 6.45) is 0.106. The molecule has 108 valence electrons. The van der Waals surface area contributed by atoms with Gasteiger partial charge in [-0.1, -0.05) is 12.1 Å². The highest BCUT2D eigenvalue weighted by Crippen LogP contribution is 2.21. The smallest absolute Gasteiger partial charge is 0.332 e. The maximum Gasteiger partial charge on any atom is 0.332 e. The number of carboxylic acids is 1. The zero-order chi connectivity index (χ0) is 14.5. The van der Waals surface area contributed by atoms with E-state index in [1.54, 1.807) is 6.07 Å². The van der Waals surface area contributed by atoms with Crippen molar-refractivity contribution in [2.45, 2.75) is 25.0 Å². The topological polar surface area (TPSA) is 87.7 Å². The van der Waals surface area contributed by atoms with Gasteiger partial charge in [0.25, 0.3) is 0 Å². The number of para-hydroxylation sites is 1. The molecular formula is C13H15BrN2O4. The maximum atomic E-state index is 11.7. The van der Waals surface area contributed by atoms with Gasteiger partial charge in [0.05, 0.1) is 11.8 Å². The zero-order valence-corrected chi connectivity index (χ0v) is 12.2. The van der Waals surface area contributed by atoms with Crippen molar-refractivity contribution < 1.29 is 19.4 Å². The predicted molar refractivity (Wildman–Crippen MR) is 76.7 cm³/mol.